The smallest absolute Gasteiger partial charge is 0.160 e. The first-order chi connectivity index (χ1) is 26.2. The number of fused-ring (bicyclic) bond motifs is 4. The quantitative estimate of drug-likeness (QED) is 0.163. The van der Waals surface area contributed by atoms with Crippen molar-refractivity contribution in [2.45, 2.75) is 12.3 Å². The second-order valence-corrected chi connectivity index (χ2v) is 14.6. The summed E-state index contributed by atoms with van der Waals surface area (Å²) in [6.45, 7) is 0. The zero-order valence-corrected chi connectivity index (χ0v) is 29.7. The topological polar surface area (TPSA) is 38.7 Å². The number of allylic oxidation sites excluding steroid dienone is 4. The van der Waals surface area contributed by atoms with E-state index in [2.05, 4.69) is 176 Å². The maximum atomic E-state index is 5.18. The lowest BCUT2D eigenvalue weighted by atomic mass is 9.91. The minimum Gasteiger partial charge on any atom is -0.236 e. The van der Waals surface area contributed by atoms with Crippen LogP contribution in [0.1, 0.15) is 17.9 Å². The average molecular weight is 696 g/mol. The van der Waals surface area contributed by atoms with E-state index in [1.807, 2.05) is 6.07 Å². The van der Waals surface area contributed by atoms with Crippen LogP contribution in [0.5, 0.6) is 0 Å². The highest BCUT2D eigenvalue weighted by atomic mass is 32.1. The molecular formula is C49H33N3S. The highest BCUT2D eigenvalue weighted by molar-refractivity contribution is 7.21. The Bertz CT molecular complexity index is 2810. The van der Waals surface area contributed by atoms with Gasteiger partial charge in [0.05, 0.1) is 21.6 Å². The lowest BCUT2D eigenvalue weighted by molar-refractivity contribution is 0.854. The highest BCUT2D eigenvalue weighted by Gasteiger charge is 2.15. The van der Waals surface area contributed by atoms with Crippen LogP contribution in [0.2, 0.25) is 0 Å². The third-order valence-electron chi connectivity index (χ3n) is 10.3. The molecule has 0 aliphatic heterocycles. The lowest BCUT2D eigenvalue weighted by Gasteiger charge is -2.14. The minimum absolute atomic E-state index is 0.401. The molecule has 1 atom stereocenters. The second kappa shape index (κ2) is 13.2. The van der Waals surface area contributed by atoms with Crippen LogP contribution in [0.4, 0.5) is 0 Å². The number of thiazole rings is 1. The van der Waals surface area contributed by atoms with Crippen LogP contribution in [0.25, 0.3) is 87.4 Å². The van der Waals surface area contributed by atoms with Crippen LogP contribution in [0.3, 0.4) is 0 Å². The number of rotatable bonds is 6. The van der Waals surface area contributed by atoms with Gasteiger partial charge in [0.2, 0.25) is 0 Å². The number of hydrogen-bond donors (Lipinski definition) is 0. The van der Waals surface area contributed by atoms with Gasteiger partial charge in [0.1, 0.15) is 5.01 Å². The fourth-order valence-electron chi connectivity index (χ4n) is 7.47. The van der Waals surface area contributed by atoms with Gasteiger partial charge < -0.3 is 0 Å². The van der Waals surface area contributed by atoms with Crippen LogP contribution >= 0.6 is 11.3 Å². The molecule has 0 amide bonds. The summed E-state index contributed by atoms with van der Waals surface area (Å²) in [7, 11) is 0. The van der Waals surface area contributed by atoms with Crippen LogP contribution in [0.15, 0.2) is 182 Å². The standard InChI is InChI=1S/C49H33N3S/c1-2-10-32(11-3-1)33-18-22-35(23-19-33)45-31-46(36-24-28-38(29-25-36)49-52-44-16-8-9-17-47(44)53-49)51-48(50-45)37-26-20-34(21-27-37)43-30-39-12-4-5-13-40(39)41-14-6-7-15-42(41)43/h1-10,12-32H,11H2. The van der Waals surface area contributed by atoms with E-state index in [9.17, 15) is 0 Å². The van der Waals surface area contributed by atoms with Gasteiger partial charge in [-0.05, 0) is 68.9 Å². The molecule has 0 saturated heterocycles. The molecule has 53 heavy (non-hydrogen) atoms. The maximum Gasteiger partial charge on any atom is 0.160 e. The summed E-state index contributed by atoms with van der Waals surface area (Å²) in [5, 5.41) is 6.04. The number of hydrogen-bond acceptors (Lipinski definition) is 4. The molecule has 0 spiro atoms. The van der Waals surface area contributed by atoms with Gasteiger partial charge in [-0.1, -0.05) is 158 Å². The van der Waals surface area contributed by atoms with Crippen molar-refractivity contribution < 1.29 is 0 Å². The summed E-state index contributed by atoms with van der Waals surface area (Å²) >= 11 is 1.72. The van der Waals surface area contributed by atoms with Crippen molar-refractivity contribution in [1.82, 2.24) is 15.0 Å². The fraction of sp³-hybridized carbons (Fsp3) is 0.0408. The normalized spacial score (nSPS) is 14.0. The van der Waals surface area contributed by atoms with Gasteiger partial charge >= 0.3 is 0 Å². The first kappa shape index (κ1) is 31.3. The minimum atomic E-state index is 0.401. The number of benzene rings is 7. The Morgan fingerprint density at radius 1 is 0.491 bits per heavy atom. The van der Waals surface area contributed by atoms with Crippen molar-refractivity contribution in [3.63, 3.8) is 0 Å². The van der Waals surface area contributed by atoms with Crippen LogP contribution in [-0.4, -0.2) is 15.0 Å². The zero-order valence-electron chi connectivity index (χ0n) is 28.9. The molecule has 2 heterocycles. The third kappa shape index (κ3) is 5.93. The van der Waals surface area contributed by atoms with Crippen molar-refractivity contribution >= 4 is 43.1 Å². The number of aromatic nitrogens is 3. The van der Waals surface area contributed by atoms with E-state index in [1.54, 1.807) is 11.3 Å². The Morgan fingerprint density at radius 3 is 1.85 bits per heavy atom. The Hall–Kier alpha value is -6.49. The molecule has 0 radical (unpaired) electrons. The van der Waals surface area contributed by atoms with E-state index < -0.39 is 0 Å². The molecule has 9 aromatic rings. The number of nitrogens with zero attached hydrogens (tertiary/aromatic N) is 3. The molecule has 7 aromatic carbocycles. The van der Waals surface area contributed by atoms with Crippen molar-refractivity contribution in [2.75, 3.05) is 0 Å². The Balaban J connectivity index is 1.04. The lowest BCUT2D eigenvalue weighted by Crippen LogP contribution is -1.98. The summed E-state index contributed by atoms with van der Waals surface area (Å²) in [4.78, 5) is 15.2. The van der Waals surface area contributed by atoms with Gasteiger partial charge in [0, 0.05) is 28.2 Å². The van der Waals surface area contributed by atoms with Gasteiger partial charge in [-0.3, -0.25) is 0 Å². The first-order valence-electron chi connectivity index (χ1n) is 18.0. The second-order valence-electron chi connectivity index (χ2n) is 13.6. The molecular weight excluding hydrogens is 663 g/mol. The zero-order chi connectivity index (χ0) is 35.1. The molecule has 0 bridgehead atoms. The van der Waals surface area contributed by atoms with E-state index in [4.69, 9.17) is 15.0 Å². The molecule has 0 saturated carbocycles. The van der Waals surface area contributed by atoms with E-state index in [0.29, 0.717) is 11.7 Å². The fourth-order valence-corrected chi connectivity index (χ4v) is 8.44. The largest absolute Gasteiger partial charge is 0.236 e. The van der Waals surface area contributed by atoms with Crippen LogP contribution in [-0.2, 0) is 0 Å². The molecule has 10 rings (SSSR count). The van der Waals surface area contributed by atoms with Gasteiger partial charge in [0.25, 0.3) is 0 Å². The monoisotopic (exact) mass is 695 g/mol. The van der Waals surface area contributed by atoms with E-state index >= 15 is 0 Å². The Kier molecular flexibility index (Phi) is 7.81. The van der Waals surface area contributed by atoms with Crippen LogP contribution in [0, 0.1) is 0 Å². The molecule has 2 aromatic heterocycles. The van der Waals surface area contributed by atoms with Gasteiger partial charge in [-0.2, -0.15) is 0 Å². The summed E-state index contributed by atoms with van der Waals surface area (Å²) in [6.07, 6.45) is 9.79. The first-order valence-corrected chi connectivity index (χ1v) is 18.9. The van der Waals surface area contributed by atoms with Crippen molar-refractivity contribution in [1.29, 1.82) is 0 Å². The SMILES string of the molecule is C1=CCC(c2ccc(-c3cc(-c4ccc(-c5nc6ccccc6s5)cc4)nc(-c4ccc(-c5cc6ccccc6c6ccccc56)cc4)n3)cc2)C=C1. The molecule has 3 nitrogen and oxygen atoms in total. The summed E-state index contributed by atoms with van der Waals surface area (Å²) in [5.41, 5.74) is 10.7. The summed E-state index contributed by atoms with van der Waals surface area (Å²) in [5.74, 6) is 1.10. The van der Waals surface area contributed by atoms with Gasteiger partial charge in [-0.15, -0.1) is 11.3 Å². The Labute approximate surface area is 312 Å². The predicted octanol–water partition coefficient (Wildman–Crippen LogP) is 13.3. The molecule has 0 N–H and O–H groups in total. The van der Waals surface area contributed by atoms with Crippen molar-refractivity contribution in [2.24, 2.45) is 0 Å². The van der Waals surface area contributed by atoms with Gasteiger partial charge in [0.15, 0.2) is 5.82 Å². The average Bonchev–Trinajstić information content (AvgIpc) is 3.68. The van der Waals surface area contributed by atoms with Crippen LogP contribution < -0.4 is 0 Å². The van der Waals surface area contributed by atoms with E-state index in [1.165, 1.54) is 42.9 Å². The van der Waals surface area contributed by atoms with E-state index in [0.717, 1.165) is 50.6 Å². The third-order valence-corrected chi connectivity index (χ3v) is 11.4. The predicted molar refractivity (Wildman–Crippen MR) is 223 cm³/mol. The van der Waals surface area contributed by atoms with Crippen molar-refractivity contribution in [3.8, 4) is 55.6 Å². The molecule has 1 aliphatic rings. The summed E-state index contributed by atoms with van der Waals surface area (Å²) in [6, 6.07) is 56.2. The van der Waals surface area contributed by atoms with E-state index in [-0.39, 0.29) is 0 Å². The number of para-hydroxylation sites is 1. The highest BCUT2D eigenvalue weighted by Crippen LogP contribution is 2.37. The Morgan fingerprint density at radius 2 is 1.11 bits per heavy atom. The van der Waals surface area contributed by atoms with Crippen molar-refractivity contribution in [3.05, 3.63) is 188 Å². The maximum absolute atomic E-state index is 5.18. The molecule has 1 aliphatic carbocycles. The molecule has 1 unspecified atom stereocenters. The molecule has 0 fully saturated rings. The van der Waals surface area contributed by atoms with Gasteiger partial charge in [-0.25, -0.2) is 15.0 Å². The molecule has 250 valence electrons. The molecule has 4 heteroatoms. The summed E-state index contributed by atoms with van der Waals surface area (Å²) < 4.78 is 1.19.